The summed E-state index contributed by atoms with van der Waals surface area (Å²) in [5.74, 6) is 0.0945. The molecule has 1 aromatic rings. The average Bonchev–Trinajstić information content (AvgIpc) is 2.27. The van der Waals surface area contributed by atoms with Gasteiger partial charge in [0.05, 0.1) is 19.8 Å². The number of hydrogen-bond donors (Lipinski definition) is 1. The highest BCUT2D eigenvalue weighted by Crippen LogP contribution is 2.39. The monoisotopic (exact) mass is 236 g/mol. The van der Waals surface area contributed by atoms with E-state index in [1.54, 1.807) is 6.07 Å². The Bertz CT molecular complexity index is 457. The minimum Gasteiger partial charge on any atom is -0.504 e. The van der Waals surface area contributed by atoms with Crippen LogP contribution < -0.4 is 9.47 Å². The molecule has 0 bridgehead atoms. The van der Waals surface area contributed by atoms with Crippen LogP contribution in [0.25, 0.3) is 0 Å². The van der Waals surface area contributed by atoms with E-state index in [0.717, 1.165) is 5.57 Å². The summed E-state index contributed by atoms with van der Waals surface area (Å²) in [5, 5.41) is 9.93. The van der Waals surface area contributed by atoms with Crippen LogP contribution in [-0.2, 0) is 0 Å². The molecule has 0 atom stereocenters. The SMILES string of the molecule is COc1ccc(C(=O)C=C(C)C)c(O)c1OC. The number of ketones is 1. The number of methoxy groups -OCH3 is 2. The Labute approximate surface area is 100 Å². The topological polar surface area (TPSA) is 55.8 Å². The summed E-state index contributed by atoms with van der Waals surface area (Å²) >= 11 is 0. The molecule has 1 rings (SSSR count). The van der Waals surface area contributed by atoms with Gasteiger partial charge < -0.3 is 14.6 Å². The van der Waals surface area contributed by atoms with Crippen LogP contribution in [0.15, 0.2) is 23.8 Å². The lowest BCUT2D eigenvalue weighted by Gasteiger charge is -2.11. The summed E-state index contributed by atoms with van der Waals surface area (Å²) in [4.78, 5) is 11.8. The van der Waals surface area contributed by atoms with Gasteiger partial charge in [0, 0.05) is 0 Å². The summed E-state index contributed by atoms with van der Waals surface area (Å²) in [5.41, 5.74) is 1.06. The predicted molar refractivity (Wildman–Crippen MR) is 65.0 cm³/mol. The van der Waals surface area contributed by atoms with Crippen LogP contribution in [-0.4, -0.2) is 25.1 Å². The number of benzene rings is 1. The molecule has 0 aliphatic heterocycles. The maximum absolute atomic E-state index is 11.8. The maximum atomic E-state index is 11.8. The van der Waals surface area contributed by atoms with Gasteiger partial charge in [0.1, 0.15) is 0 Å². The lowest BCUT2D eigenvalue weighted by molar-refractivity contribution is 0.104. The molecular weight excluding hydrogens is 220 g/mol. The maximum Gasteiger partial charge on any atom is 0.203 e. The first kappa shape index (κ1) is 13.1. The van der Waals surface area contributed by atoms with Crippen molar-refractivity contribution in [3.05, 3.63) is 29.3 Å². The van der Waals surface area contributed by atoms with Crippen LogP contribution in [0.2, 0.25) is 0 Å². The first-order valence-corrected chi connectivity index (χ1v) is 5.14. The first-order valence-electron chi connectivity index (χ1n) is 5.14. The van der Waals surface area contributed by atoms with Crippen LogP contribution in [0.5, 0.6) is 17.2 Å². The van der Waals surface area contributed by atoms with E-state index in [2.05, 4.69) is 0 Å². The third-order valence-electron chi connectivity index (χ3n) is 2.20. The van der Waals surface area contributed by atoms with E-state index in [1.807, 2.05) is 13.8 Å². The zero-order valence-corrected chi connectivity index (χ0v) is 10.4. The van der Waals surface area contributed by atoms with Crippen molar-refractivity contribution < 1.29 is 19.4 Å². The molecule has 0 aliphatic carbocycles. The normalized spacial score (nSPS) is 9.65. The third-order valence-corrected chi connectivity index (χ3v) is 2.20. The van der Waals surface area contributed by atoms with Gasteiger partial charge in [-0.3, -0.25) is 4.79 Å². The minimum atomic E-state index is -0.261. The van der Waals surface area contributed by atoms with Gasteiger partial charge >= 0.3 is 0 Å². The largest absolute Gasteiger partial charge is 0.504 e. The minimum absolute atomic E-state index is 0.167. The molecule has 0 spiro atoms. The van der Waals surface area contributed by atoms with Crippen molar-refractivity contribution in [3.8, 4) is 17.2 Å². The number of carbonyl (C=O) groups excluding carboxylic acids is 1. The van der Waals surface area contributed by atoms with E-state index in [4.69, 9.17) is 9.47 Å². The number of ether oxygens (including phenoxy) is 2. The van der Waals surface area contributed by atoms with E-state index in [0.29, 0.717) is 5.75 Å². The van der Waals surface area contributed by atoms with Crippen LogP contribution in [0.4, 0.5) is 0 Å². The standard InChI is InChI=1S/C13H16O4/c1-8(2)7-10(14)9-5-6-11(16-3)13(17-4)12(9)15/h5-7,15H,1-4H3. The van der Waals surface area contributed by atoms with Crippen LogP contribution in [0, 0.1) is 0 Å². The number of aromatic hydroxyl groups is 1. The summed E-state index contributed by atoms with van der Waals surface area (Å²) in [6, 6.07) is 3.10. The average molecular weight is 236 g/mol. The van der Waals surface area contributed by atoms with Gasteiger partial charge in [-0.2, -0.15) is 0 Å². The zero-order valence-electron chi connectivity index (χ0n) is 10.4. The van der Waals surface area contributed by atoms with E-state index in [-0.39, 0.29) is 22.8 Å². The molecule has 0 unspecified atom stereocenters. The van der Waals surface area contributed by atoms with Crippen LogP contribution in [0.1, 0.15) is 24.2 Å². The van der Waals surface area contributed by atoms with Gasteiger partial charge in [-0.15, -0.1) is 0 Å². The second kappa shape index (κ2) is 5.39. The lowest BCUT2D eigenvalue weighted by atomic mass is 10.1. The Balaban J connectivity index is 3.28. The molecule has 0 radical (unpaired) electrons. The molecule has 1 N–H and O–H groups in total. The van der Waals surface area contributed by atoms with Crippen molar-refractivity contribution in [2.75, 3.05) is 14.2 Å². The molecule has 0 saturated carbocycles. The molecule has 0 amide bonds. The number of allylic oxidation sites excluding steroid dienone is 2. The summed E-state index contributed by atoms with van der Waals surface area (Å²) < 4.78 is 10.0. The Kier molecular flexibility index (Phi) is 4.15. The highest BCUT2D eigenvalue weighted by molar-refractivity contribution is 6.07. The zero-order chi connectivity index (χ0) is 13.0. The third kappa shape index (κ3) is 2.78. The van der Waals surface area contributed by atoms with Gasteiger partial charge in [0.25, 0.3) is 0 Å². The second-order valence-electron chi connectivity index (χ2n) is 3.78. The Morgan fingerprint density at radius 1 is 1.24 bits per heavy atom. The second-order valence-corrected chi connectivity index (χ2v) is 3.78. The summed E-state index contributed by atoms with van der Waals surface area (Å²) in [6.45, 7) is 3.63. The van der Waals surface area contributed by atoms with Crippen molar-refractivity contribution in [2.24, 2.45) is 0 Å². The molecule has 4 heteroatoms. The fraction of sp³-hybridized carbons (Fsp3) is 0.308. The Hall–Kier alpha value is -1.97. The van der Waals surface area contributed by atoms with E-state index in [9.17, 15) is 9.90 Å². The van der Waals surface area contributed by atoms with Crippen molar-refractivity contribution in [1.29, 1.82) is 0 Å². The fourth-order valence-electron chi connectivity index (χ4n) is 1.45. The lowest BCUT2D eigenvalue weighted by Crippen LogP contribution is -1.99. The number of hydrogen-bond acceptors (Lipinski definition) is 4. The molecule has 0 heterocycles. The van der Waals surface area contributed by atoms with Crippen molar-refractivity contribution in [2.45, 2.75) is 13.8 Å². The Morgan fingerprint density at radius 2 is 1.88 bits per heavy atom. The molecule has 92 valence electrons. The van der Waals surface area contributed by atoms with Crippen molar-refractivity contribution in [1.82, 2.24) is 0 Å². The van der Waals surface area contributed by atoms with E-state index < -0.39 is 0 Å². The highest BCUT2D eigenvalue weighted by atomic mass is 16.5. The number of phenolic OH excluding ortho intramolecular Hbond substituents is 1. The molecule has 0 fully saturated rings. The molecular formula is C13H16O4. The molecule has 0 saturated heterocycles. The van der Waals surface area contributed by atoms with E-state index in [1.165, 1.54) is 26.4 Å². The molecule has 4 nitrogen and oxygen atoms in total. The highest BCUT2D eigenvalue weighted by Gasteiger charge is 2.17. The first-order chi connectivity index (χ1) is 8.01. The summed E-state index contributed by atoms with van der Waals surface area (Å²) in [7, 11) is 2.88. The van der Waals surface area contributed by atoms with E-state index >= 15 is 0 Å². The van der Waals surface area contributed by atoms with Crippen LogP contribution >= 0.6 is 0 Å². The number of carbonyl (C=O) groups is 1. The van der Waals surface area contributed by atoms with Gasteiger partial charge in [-0.25, -0.2) is 0 Å². The van der Waals surface area contributed by atoms with Crippen molar-refractivity contribution in [3.63, 3.8) is 0 Å². The molecule has 1 aromatic carbocycles. The van der Waals surface area contributed by atoms with Crippen LogP contribution in [0.3, 0.4) is 0 Å². The Morgan fingerprint density at radius 3 is 2.35 bits per heavy atom. The quantitative estimate of drug-likeness (QED) is 0.644. The molecule has 0 aromatic heterocycles. The molecule has 17 heavy (non-hydrogen) atoms. The smallest absolute Gasteiger partial charge is 0.203 e. The van der Waals surface area contributed by atoms with Gasteiger partial charge in [0.2, 0.25) is 5.75 Å². The van der Waals surface area contributed by atoms with Gasteiger partial charge in [-0.1, -0.05) is 5.57 Å². The summed E-state index contributed by atoms with van der Waals surface area (Å²) in [6.07, 6.45) is 1.46. The van der Waals surface area contributed by atoms with Gasteiger partial charge in [0.15, 0.2) is 17.3 Å². The van der Waals surface area contributed by atoms with Crippen molar-refractivity contribution >= 4 is 5.78 Å². The fourth-order valence-corrected chi connectivity index (χ4v) is 1.45. The number of rotatable bonds is 4. The van der Waals surface area contributed by atoms with Gasteiger partial charge in [-0.05, 0) is 32.1 Å². The predicted octanol–water partition coefficient (Wildman–Crippen LogP) is 2.56. The number of phenols is 1. The molecule has 0 aliphatic rings.